The zero-order valence-electron chi connectivity index (χ0n) is 8.27. The van der Waals surface area contributed by atoms with Gasteiger partial charge in [-0.05, 0) is 7.05 Å². The lowest BCUT2D eigenvalue weighted by Crippen LogP contribution is -2.57. The van der Waals surface area contributed by atoms with E-state index in [1.54, 1.807) is 0 Å². The summed E-state index contributed by atoms with van der Waals surface area (Å²) in [5, 5.41) is 8.84. The molecule has 1 aliphatic rings. The molecule has 0 aliphatic carbocycles. The number of esters is 1. The quantitative estimate of drug-likeness (QED) is 0.578. The van der Waals surface area contributed by atoms with Crippen molar-refractivity contribution >= 4 is 12.1 Å². The molecule has 1 unspecified atom stereocenters. The third-order valence-corrected chi connectivity index (χ3v) is 2.30. The van der Waals surface area contributed by atoms with Crippen LogP contribution in [-0.4, -0.2) is 66.8 Å². The average molecular weight is 202 g/mol. The number of rotatable bonds is 1. The number of hydrogen-bond donors (Lipinski definition) is 1. The lowest BCUT2D eigenvalue weighted by molar-refractivity contribution is -0.148. The summed E-state index contributed by atoms with van der Waals surface area (Å²) in [6, 6.07) is -0.698. The molecule has 1 N–H and O–H groups in total. The fourth-order valence-corrected chi connectivity index (χ4v) is 1.49. The highest BCUT2D eigenvalue weighted by Crippen LogP contribution is 2.09. The molecule has 80 valence electrons. The van der Waals surface area contributed by atoms with Gasteiger partial charge in [0, 0.05) is 19.6 Å². The van der Waals surface area contributed by atoms with Gasteiger partial charge in [0.1, 0.15) is 6.04 Å². The second-order valence-corrected chi connectivity index (χ2v) is 3.28. The number of methoxy groups -OCH3 is 1. The Morgan fingerprint density at radius 2 is 2.07 bits per heavy atom. The molecular weight excluding hydrogens is 188 g/mol. The van der Waals surface area contributed by atoms with E-state index in [0.717, 1.165) is 4.90 Å². The molecule has 1 aliphatic heterocycles. The van der Waals surface area contributed by atoms with Crippen LogP contribution in [0.4, 0.5) is 4.79 Å². The van der Waals surface area contributed by atoms with Crippen molar-refractivity contribution in [2.45, 2.75) is 6.04 Å². The highest BCUT2D eigenvalue weighted by atomic mass is 16.5. The van der Waals surface area contributed by atoms with Gasteiger partial charge in [0.05, 0.1) is 7.11 Å². The van der Waals surface area contributed by atoms with E-state index in [4.69, 9.17) is 5.11 Å². The van der Waals surface area contributed by atoms with Crippen molar-refractivity contribution in [3.05, 3.63) is 0 Å². The number of piperazine rings is 1. The lowest BCUT2D eigenvalue weighted by atomic mass is 10.2. The van der Waals surface area contributed by atoms with Crippen molar-refractivity contribution < 1.29 is 19.4 Å². The Kier molecular flexibility index (Phi) is 3.29. The summed E-state index contributed by atoms with van der Waals surface area (Å²) >= 11 is 0. The molecule has 1 fully saturated rings. The zero-order chi connectivity index (χ0) is 10.7. The highest BCUT2D eigenvalue weighted by molar-refractivity contribution is 5.81. The van der Waals surface area contributed by atoms with Crippen LogP contribution in [-0.2, 0) is 9.53 Å². The molecule has 1 atom stereocenters. The summed E-state index contributed by atoms with van der Waals surface area (Å²) in [5.74, 6) is -0.501. The predicted molar refractivity (Wildman–Crippen MR) is 48.0 cm³/mol. The van der Waals surface area contributed by atoms with Gasteiger partial charge in [-0.15, -0.1) is 0 Å². The number of amides is 1. The van der Waals surface area contributed by atoms with Crippen LogP contribution in [0.3, 0.4) is 0 Å². The topological polar surface area (TPSA) is 70.1 Å². The van der Waals surface area contributed by atoms with Crippen molar-refractivity contribution in [2.75, 3.05) is 33.8 Å². The number of hydrogen-bond acceptors (Lipinski definition) is 4. The van der Waals surface area contributed by atoms with Gasteiger partial charge in [-0.25, -0.2) is 9.59 Å². The van der Waals surface area contributed by atoms with E-state index in [1.807, 2.05) is 11.9 Å². The summed E-state index contributed by atoms with van der Waals surface area (Å²) in [6.45, 7) is 1.37. The Balaban J connectivity index is 2.73. The van der Waals surface area contributed by atoms with Crippen LogP contribution in [0.5, 0.6) is 0 Å². The minimum atomic E-state index is -1.08. The van der Waals surface area contributed by atoms with Crippen LogP contribution in [0.25, 0.3) is 0 Å². The molecule has 0 aromatic carbocycles. The molecular formula is C8H14N2O4. The SMILES string of the molecule is COC(=O)C1CN(C)CCN1C(=O)O. The second kappa shape index (κ2) is 4.28. The Bertz CT molecular complexity index is 243. The second-order valence-electron chi connectivity index (χ2n) is 3.28. The predicted octanol–water partition coefficient (Wildman–Crippen LogP) is -0.547. The maximum atomic E-state index is 11.3. The molecule has 0 spiro atoms. The molecule has 1 amide bonds. The first-order valence-electron chi connectivity index (χ1n) is 4.32. The molecule has 14 heavy (non-hydrogen) atoms. The average Bonchev–Trinajstić information content (AvgIpc) is 2.16. The molecule has 0 aromatic rings. The fourth-order valence-electron chi connectivity index (χ4n) is 1.49. The van der Waals surface area contributed by atoms with Gasteiger partial charge in [0.2, 0.25) is 0 Å². The summed E-state index contributed by atoms with van der Waals surface area (Å²) in [5.41, 5.74) is 0. The van der Waals surface area contributed by atoms with Gasteiger partial charge in [-0.2, -0.15) is 0 Å². The molecule has 0 bridgehead atoms. The van der Waals surface area contributed by atoms with Crippen molar-refractivity contribution in [3.8, 4) is 0 Å². The van der Waals surface area contributed by atoms with Crippen LogP contribution < -0.4 is 0 Å². The van der Waals surface area contributed by atoms with Crippen molar-refractivity contribution in [1.82, 2.24) is 9.80 Å². The maximum absolute atomic E-state index is 11.3. The molecule has 6 nitrogen and oxygen atoms in total. The number of carbonyl (C=O) groups excluding carboxylic acids is 1. The summed E-state index contributed by atoms with van der Waals surface area (Å²) < 4.78 is 4.55. The van der Waals surface area contributed by atoms with Gasteiger partial charge in [0.15, 0.2) is 0 Å². The molecule has 6 heteroatoms. The van der Waals surface area contributed by atoms with Gasteiger partial charge in [-0.1, -0.05) is 0 Å². The number of nitrogens with zero attached hydrogens (tertiary/aromatic N) is 2. The Morgan fingerprint density at radius 1 is 1.43 bits per heavy atom. The van der Waals surface area contributed by atoms with E-state index in [0.29, 0.717) is 19.6 Å². The first-order chi connectivity index (χ1) is 6.56. The van der Waals surface area contributed by atoms with Crippen LogP contribution in [0.15, 0.2) is 0 Å². The molecule has 0 aromatic heterocycles. The minimum Gasteiger partial charge on any atom is -0.467 e. The van der Waals surface area contributed by atoms with Crippen molar-refractivity contribution in [3.63, 3.8) is 0 Å². The molecule has 1 saturated heterocycles. The summed E-state index contributed by atoms with van der Waals surface area (Å²) in [4.78, 5) is 25.1. The van der Waals surface area contributed by atoms with Crippen molar-refractivity contribution in [1.29, 1.82) is 0 Å². The molecule has 1 rings (SSSR count). The number of carbonyl (C=O) groups is 2. The van der Waals surface area contributed by atoms with Gasteiger partial charge < -0.3 is 14.7 Å². The lowest BCUT2D eigenvalue weighted by Gasteiger charge is -2.36. The normalized spacial score (nSPS) is 23.3. The third kappa shape index (κ3) is 2.14. The summed E-state index contributed by atoms with van der Waals surface area (Å²) in [7, 11) is 3.10. The van der Waals surface area contributed by atoms with Gasteiger partial charge in [0.25, 0.3) is 0 Å². The standard InChI is InChI=1S/C8H14N2O4/c1-9-3-4-10(8(12)13)6(5-9)7(11)14-2/h6H,3-5H2,1-2H3,(H,12,13). The Hall–Kier alpha value is -1.30. The van der Waals surface area contributed by atoms with E-state index >= 15 is 0 Å². The number of ether oxygens (including phenoxy) is 1. The van der Waals surface area contributed by atoms with E-state index in [-0.39, 0.29) is 0 Å². The molecule has 0 radical (unpaired) electrons. The zero-order valence-corrected chi connectivity index (χ0v) is 8.27. The van der Waals surface area contributed by atoms with Gasteiger partial charge in [-0.3, -0.25) is 4.90 Å². The third-order valence-electron chi connectivity index (χ3n) is 2.30. The first-order valence-corrected chi connectivity index (χ1v) is 4.32. The van der Waals surface area contributed by atoms with Crippen LogP contribution in [0.1, 0.15) is 0 Å². The Labute approximate surface area is 82.0 Å². The number of likely N-dealkylation sites (N-methyl/N-ethyl adjacent to an activating group) is 1. The van der Waals surface area contributed by atoms with Crippen LogP contribution >= 0.6 is 0 Å². The monoisotopic (exact) mass is 202 g/mol. The van der Waals surface area contributed by atoms with E-state index < -0.39 is 18.1 Å². The smallest absolute Gasteiger partial charge is 0.408 e. The first kappa shape index (κ1) is 10.8. The van der Waals surface area contributed by atoms with E-state index in [9.17, 15) is 9.59 Å². The minimum absolute atomic E-state index is 0.339. The maximum Gasteiger partial charge on any atom is 0.408 e. The molecule has 0 saturated carbocycles. The molecule has 1 heterocycles. The van der Waals surface area contributed by atoms with E-state index in [1.165, 1.54) is 7.11 Å². The van der Waals surface area contributed by atoms with Crippen LogP contribution in [0.2, 0.25) is 0 Å². The summed E-state index contributed by atoms with van der Waals surface area (Å²) in [6.07, 6.45) is -1.08. The van der Waals surface area contributed by atoms with Crippen LogP contribution in [0, 0.1) is 0 Å². The number of carboxylic acid groups (broad SMARTS) is 1. The van der Waals surface area contributed by atoms with E-state index in [2.05, 4.69) is 4.74 Å². The van der Waals surface area contributed by atoms with Gasteiger partial charge >= 0.3 is 12.1 Å². The largest absolute Gasteiger partial charge is 0.467 e. The fraction of sp³-hybridized carbons (Fsp3) is 0.750. The Morgan fingerprint density at radius 3 is 2.57 bits per heavy atom. The van der Waals surface area contributed by atoms with Crippen molar-refractivity contribution in [2.24, 2.45) is 0 Å². The highest BCUT2D eigenvalue weighted by Gasteiger charge is 2.34.